The van der Waals surface area contributed by atoms with Crippen LogP contribution in [0.25, 0.3) is 0 Å². The number of nitrogens with zero attached hydrogens (tertiary/aromatic N) is 1. The van der Waals surface area contributed by atoms with Crippen molar-refractivity contribution in [3.05, 3.63) is 126 Å². The van der Waals surface area contributed by atoms with E-state index in [0.717, 1.165) is 17.3 Å². The summed E-state index contributed by atoms with van der Waals surface area (Å²) in [6.45, 7) is 0.415. The summed E-state index contributed by atoms with van der Waals surface area (Å²) in [7, 11) is -4.15. The standard InChI is InChI=1S/C30H27N3O6S/c34-28(18-13-22-7-3-1-4-8-22)31-20-19-23-11-15-26(16-12-23)40(37,38)33-29(35)24-14-17-27(32-21-24)30(36)39-25-9-5-2-6-10-25/h1-12,14-17,21H,13,18-20H2,(H,31,34)(H,33,35). The van der Waals surface area contributed by atoms with Crippen LogP contribution in [-0.2, 0) is 27.7 Å². The lowest BCUT2D eigenvalue weighted by atomic mass is 10.1. The number of nitrogens with one attached hydrogen (secondary N) is 2. The van der Waals surface area contributed by atoms with Gasteiger partial charge in [0, 0.05) is 19.2 Å². The van der Waals surface area contributed by atoms with Gasteiger partial charge in [0.25, 0.3) is 15.9 Å². The zero-order chi connectivity index (χ0) is 28.4. The summed E-state index contributed by atoms with van der Waals surface area (Å²) in [5.41, 5.74) is 1.85. The predicted molar refractivity (Wildman–Crippen MR) is 148 cm³/mol. The molecule has 2 N–H and O–H groups in total. The van der Waals surface area contributed by atoms with E-state index in [9.17, 15) is 22.8 Å². The number of sulfonamides is 1. The summed E-state index contributed by atoms with van der Waals surface area (Å²) in [4.78, 5) is 40.7. The number of para-hydroxylation sites is 1. The zero-order valence-corrected chi connectivity index (χ0v) is 22.3. The molecule has 40 heavy (non-hydrogen) atoms. The molecule has 0 aliphatic carbocycles. The molecule has 1 aromatic heterocycles. The van der Waals surface area contributed by atoms with Crippen molar-refractivity contribution in [1.82, 2.24) is 15.0 Å². The molecule has 9 nitrogen and oxygen atoms in total. The van der Waals surface area contributed by atoms with Crippen LogP contribution in [-0.4, -0.2) is 37.7 Å². The van der Waals surface area contributed by atoms with Crippen LogP contribution < -0.4 is 14.8 Å². The second kappa shape index (κ2) is 13.3. The van der Waals surface area contributed by atoms with Gasteiger partial charge in [-0.1, -0.05) is 60.7 Å². The second-order valence-corrected chi connectivity index (χ2v) is 10.5. The Morgan fingerprint density at radius 2 is 1.40 bits per heavy atom. The molecule has 3 aromatic carbocycles. The molecule has 2 amide bonds. The van der Waals surface area contributed by atoms with Crippen molar-refractivity contribution in [1.29, 1.82) is 0 Å². The number of aromatic nitrogens is 1. The van der Waals surface area contributed by atoms with Crippen molar-refractivity contribution in [2.24, 2.45) is 0 Å². The smallest absolute Gasteiger partial charge is 0.362 e. The maximum absolute atomic E-state index is 12.7. The van der Waals surface area contributed by atoms with E-state index in [2.05, 4.69) is 10.3 Å². The highest BCUT2D eigenvalue weighted by molar-refractivity contribution is 7.90. The Bertz CT molecular complexity index is 1560. The highest BCUT2D eigenvalue weighted by atomic mass is 32.2. The maximum atomic E-state index is 12.7. The van der Waals surface area contributed by atoms with Crippen molar-refractivity contribution >= 4 is 27.8 Å². The van der Waals surface area contributed by atoms with E-state index in [4.69, 9.17) is 4.74 Å². The molecule has 10 heteroatoms. The van der Waals surface area contributed by atoms with Crippen LogP contribution in [0.2, 0.25) is 0 Å². The van der Waals surface area contributed by atoms with Crippen molar-refractivity contribution in [2.75, 3.05) is 6.54 Å². The minimum atomic E-state index is -4.15. The Labute approximate surface area is 232 Å². The average Bonchev–Trinajstić information content (AvgIpc) is 2.97. The molecule has 0 spiro atoms. The van der Waals surface area contributed by atoms with Gasteiger partial charge in [0.05, 0.1) is 10.5 Å². The molecule has 0 radical (unpaired) electrons. The SMILES string of the molecule is O=C(CCc1ccccc1)NCCc1ccc(S(=O)(=O)NC(=O)c2ccc(C(=O)Oc3ccccc3)nc2)cc1. The van der Waals surface area contributed by atoms with E-state index in [-0.39, 0.29) is 22.1 Å². The van der Waals surface area contributed by atoms with E-state index < -0.39 is 21.9 Å². The summed E-state index contributed by atoms with van der Waals surface area (Å²) in [5.74, 6) is -1.31. The zero-order valence-electron chi connectivity index (χ0n) is 21.4. The summed E-state index contributed by atoms with van der Waals surface area (Å²) >= 11 is 0. The van der Waals surface area contributed by atoms with Gasteiger partial charge >= 0.3 is 5.97 Å². The van der Waals surface area contributed by atoms with Crippen LogP contribution in [0.15, 0.2) is 108 Å². The first-order chi connectivity index (χ1) is 19.3. The minimum absolute atomic E-state index is 0.0359. The Kier molecular flexibility index (Phi) is 9.37. The van der Waals surface area contributed by atoms with Gasteiger partial charge in [0.15, 0.2) is 0 Å². The number of hydrogen-bond donors (Lipinski definition) is 2. The molecular formula is C30H27N3O6S. The van der Waals surface area contributed by atoms with Crippen molar-refractivity contribution < 1.29 is 27.5 Å². The quantitative estimate of drug-likeness (QED) is 0.212. The molecule has 0 atom stereocenters. The van der Waals surface area contributed by atoms with Crippen LogP contribution in [0, 0.1) is 0 Å². The van der Waals surface area contributed by atoms with Crippen LogP contribution >= 0.6 is 0 Å². The van der Waals surface area contributed by atoms with Crippen LogP contribution in [0.1, 0.15) is 38.4 Å². The van der Waals surface area contributed by atoms with E-state index in [1.54, 1.807) is 42.5 Å². The largest absolute Gasteiger partial charge is 0.422 e. The molecule has 0 bridgehead atoms. The minimum Gasteiger partial charge on any atom is -0.422 e. The fourth-order valence-corrected chi connectivity index (χ4v) is 4.68. The normalized spacial score (nSPS) is 10.9. The number of rotatable bonds is 11. The molecule has 0 unspecified atom stereocenters. The van der Waals surface area contributed by atoms with Gasteiger partial charge in [0.1, 0.15) is 11.4 Å². The fraction of sp³-hybridized carbons (Fsp3) is 0.133. The molecular weight excluding hydrogens is 530 g/mol. The van der Waals surface area contributed by atoms with E-state index >= 15 is 0 Å². The number of esters is 1. The van der Waals surface area contributed by atoms with Crippen molar-refractivity contribution in [3.63, 3.8) is 0 Å². The molecule has 1 heterocycles. The number of ether oxygens (including phenoxy) is 1. The Hall–Kier alpha value is -4.83. The fourth-order valence-electron chi connectivity index (χ4n) is 3.71. The first-order valence-electron chi connectivity index (χ1n) is 12.5. The van der Waals surface area contributed by atoms with Crippen LogP contribution in [0.4, 0.5) is 0 Å². The third-order valence-corrected chi connectivity index (χ3v) is 7.22. The molecule has 0 saturated carbocycles. The summed E-state index contributed by atoms with van der Waals surface area (Å²) in [6.07, 6.45) is 2.67. The number of pyridine rings is 1. The van der Waals surface area contributed by atoms with Crippen LogP contribution in [0.5, 0.6) is 5.75 Å². The van der Waals surface area contributed by atoms with Gasteiger partial charge < -0.3 is 10.1 Å². The highest BCUT2D eigenvalue weighted by Crippen LogP contribution is 2.14. The van der Waals surface area contributed by atoms with Crippen molar-refractivity contribution in [2.45, 2.75) is 24.2 Å². The van der Waals surface area contributed by atoms with Gasteiger partial charge in [0.2, 0.25) is 5.91 Å². The molecule has 4 aromatic rings. The lowest BCUT2D eigenvalue weighted by molar-refractivity contribution is -0.121. The average molecular weight is 558 g/mol. The predicted octanol–water partition coefficient (Wildman–Crippen LogP) is 3.71. The number of carbonyl (C=O) groups is 3. The van der Waals surface area contributed by atoms with E-state index in [1.807, 2.05) is 35.1 Å². The highest BCUT2D eigenvalue weighted by Gasteiger charge is 2.20. The summed E-state index contributed by atoms with van der Waals surface area (Å²) < 4.78 is 32.6. The van der Waals surface area contributed by atoms with Gasteiger partial charge in [-0.25, -0.2) is 22.9 Å². The van der Waals surface area contributed by atoms with Gasteiger partial charge in [-0.15, -0.1) is 0 Å². The summed E-state index contributed by atoms with van der Waals surface area (Å²) in [5, 5.41) is 2.86. The first-order valence-corrected chi connectivity index (χ1v) is 14.0. The van der Waals surface area contributed by atoms with Crippen molar-refractivity contribution in [3.8, 4) is 5.75 Å². The topological polar surface area (TPSA) is 132 Å². The molecule has 4 rings (SSSR count). The lowest BCUT2D eigenvalue weighted by Crippen LogP contribution is -2.30. The number of aryl methyl sites for hydroxylation is 1. The first kappa shape index (κ1) is 28.2. The van der Waals surface area contributed by atoms with Crippen LogP contribution in [0.3, 0.4) is 0 Å². The van der Waals surface area contributed by atoms with E-state index in [0.29, 0.717) is 31.6 Å². The number of carbonyl (C=O) groups excluding carboxylic acids is 3. The van der Waals surface area contributed by atoms with Gasteiger partial charge in [-0.05, 0) is 60.4 Å². The molecule has 0 aliphatic heterocycles. The third kappa shape index (κ3) is 8.08. The molecule has 0 fully saturated rings. The number of amides is 2. The third-order valence-electron chi connectivity index (χ3n) is 5.87. The summed E-state index contributed by atoms with van der Waals surface area (Å²) in [6, 6.07) is 26.8. The number of benzene rings is 3. The second-order valence-electron chi connectivity index (χ2n) is 8.80. The van der Waals surface area contributed by atoms with Gasteiger partial charge in [-0.2, -0.15) is 0 Å². The monoisotopic (exact) mass is 557 g/mol. The van der Waals surface area contributed by atoms with Gasteiger partial charge in [-0.3, -0.25) is 9.59 Å². The van der Waals surface area contributed by atoms with E-state index in [1.165, 1.54) is 24.3 Å². The molecule has 204 valence electrons. The Balaban J connectivity index is 1.25. The Morgan fingerprint density at radius 1 is 0.750 bits per heavy atom. The lowest BCUT2D eigenvalue weighted by Gasteiger charge is -2.09. The maximum Gasteiger partial charge on any atom is 0.362 e. The Morgan fingerprint density at radius 3 is 2.05 bits per heavy atom. The molecule has 0 saturated heterocycles. The number of hydrogen-bond acceptors (Lipinski definition) is 7. The molecule has 0 aliphatic rings.